The normalized spacial score (nSPS) is 21.6. The summed E-state index contributed by atoms with van der Waals surface area (Å²) in [6.45, 7) is 7.63. The van der Waals surface area contributed by atoms with Crippen LogP contribution in [0.2, 0.25) is 0 Å². The van der Waals surface area contributed by atoms with E-state index in [-0.39, 0.29) is 17.4 Å². The van der Waals surface area contributed by atoms with Gasteiger partial charge in [-0.05, 0) is 75.2 Å². The monoisotopic (exact) mass is 383 g/mol. The summed E-state index contributed by atoms with van der Waals surface area (Å²) < 4.78 is 0. The molecule has 0 aromatic rings. The maximum Gasteiger partial charge on any atom is 0.265 e. The van der Waals surface area contributed by atoms with Crippen molar-refractivity contribution in [3.63, 3.8) is 0 Å². The number of thiocarbonyl (C=S) groups is 1. The summed E-state index contributed by atoms with van der Waals surface area (Å²) >= 11 is 5.30. The van der Waals surface area contributed by atoms with Gasteiger partial charge < -0.3 is 4.90 Å². The summed E-state index contributed by atoms with van der Waals surface area (Å²) in [7, 11) is 0. The van der Waals surface area contributed by atoms with Gasteiger partial charge in [0.05, 0.1) is 0 Å². The number of nitrogens with zero attached hydrogens (tertiary/aromatic N) is 3. The molecule has 0 spiro atoms. The van der Waals surface area contributed by atoms with Gasteiger partial charge in [-0.3, -0.25) is 19.4 Å². The van der Waals surface area contributed by atoms with Gasteiger partial charge in [0, 0.05) is 31.5 Å². The van der Waals surface area contributed by atoms with Crippen LogP contribution < -0.4 is 0 Å². The minimum atomic E-state index is -0.318. The van der Waals surface area contributed by atoms with E-state index in [0.29, 0.717) is 18.2 Å². The third-order valence-corrected chi connectivity index (χ3v) is 5.49. The quantitative estimate of drug-likeness (QED) is 0.425. The van der Waals surface area contributed by atoms with E-state index in [2.05, 4.69) is 36.3 Å². The van der Waals surface area contributed by atoms with Crippen molar-refractivity contribution in [2.24, 2.45) is 0 Å². The molecule has 1 aliphatic carbocycles. The zero-order chi connectivity index (χ0) is 19.6. The molecule has 27 heavy (non-hydrogen) atoms. The molecular formula is C21H25N3O2S. The molecule has 0 N–H and O–H groups in total. The average Bonchev–Trinajstić information content (AvgIpc) is 2.68. The van der Waals surface area contributed by atoms with E-state index in [0.717, 1.165) is 25.0 Å². The second-order valence-electron chi connectivity index (χ2n) is 6.49. The molecule has 5 nitrogen and oxygen atoms in total. The lowest BCUT2D eigenvalue weighted by atomic mass is 9.91. The number of allylic oxidation sites excluding steroid dienone is 7. The van der Waals surface area contributed by atoms with Crippen molar-refractivity contribution < 1.29 is 9.59 Å². The summed E-state index contributed by atoms with van der Waals surface area (Å²) in [5, 5.41) is 0.290. The van der Waals surface area contributed by atoms with Crippen molar-refractivity contribution in [1.82, 2.24) is 14.7 Å². The molecule has 0 radical (unpaired) electrons. The molecule has 6 heteroatoms. The fraction of sp³-hybridized carbons (Fsp3) is 0.381. The smallest absolute Gasteiger partial charge is 0.265 e. The molecule has 0 saturated carbocycles. The number of carbonyl (C=O) groups excluding carboxylic acids is 2. The second kappa shape index (κ2) is 8.05. The number of hydrogen-bond acceptors (Lipinski definition) is 4. The zero-order valence-corrected chi connectivity index (χ0v) is 16.9. The summed E-state index contributed by atoms with van der Waals surface area (Å²) in [5.41, 5.74) is 3.67. The number of carbonyl (C=O) groups is 2. The first-order chi connectivity index (χ1) is 13.0. The van der Waals surface area contributed by atoms with Gasteiger partial charge in [0.15, 0.2) is 5.11 Å². The molecule has 142 valence electrons. The van der Waals surface area contributed by atoms with E-state index >= 15 is 0 Å². The molecule has 1 fully saturated rings. The molecule has 0 atom stereocenters. The molecule has 2 heterocycles. The SMILES string of the molecule is CCN1C=C/C(=C\C=C2C(=O)N(CC)C(=S)N(CC)C2=O)C2=C1C=CCC2. The highest BCUT2D eigenvalue weighted by atomic mass is 32.1. The van der Waals surface area contributed by atoms with E-state index in [1.165, 1.54) is 21.1 Å². The molecule has 2 amide bonds. The second-order valence-corrected chi connectivity index (χ2v) is 6.86. The first-order valence-electron chi connectivity index (χ1n) is 9.48. The van der Waals surface area contributed by atoms with Gasteiger partial charge in [0.25, 0.3) is 11.8 Å². The fourth-order valence-electron chi connectivity index (χ4n) is 3.57. The highest BCUT2D eigenvalue weighted by Crippen LogP contribution is 2.32. The van der Waals surface area contributed by atoms with E-state index in [9.17, 15) is 9.59 Å². The lowest BCUT2D eigenvalue weighted by Gasteiger charge is -2.35. The highest BCUT2D eigenvalue weighted by Gasteiger charge is 2.37. The predicted octanol–water partition coefficient (Wildman–Crippen LogP) is 3.29. The van der Waals surface area contributed by atoms with Crippen LogP contribution in [0.3, 0.4) is 0 Å². The van der Waals surface area contributed by atoms with Crippen LogP contribution in [0.1, 0.15) is 33.6 Å². The van der Waals surface area contributed by atoms with Crippen LogP contribution in [0.4, 0.5) is 0 Å². The van der Waals surface area contributed by atoms with E-state index < -0.39 is 0 Å². The molecule has 0 bridgehead atoms. The maximum atomic E-state index is 12.7. The minimum Gasteiger partial charge on any atom is -0.348 e. The minimum absolute atomic E-state index is 0.166. The third kappa shape index (κ3) is 3.41. The van der Waals surface area contributed by atoms with Gasteiger partial charge in [-0.15, -0.1) is 0 Å². The highest BCUT2D eigenvalue weighted by molar-refractivity contribution is 7.80. The Morgan fingerprint density at radius 2 is 1.67 bits per heavy atom. The van der Waals surface area contributed by atoms with E-state index in [4.69, 9.17) is 12.2 Å². The predicted molar refractivity (Wildman–Crippen MR) is 110 cm³/mol. The van der Waals surface area contributed by atoms with Gasteiger partial charge in [-0.25, -0.2) is 0 Å². The zero-order valence-electron chi connectivity index (χ0n) is 16.1. The molecule has 0 unspecified atom stereocenters. The molecule has 0 aromatic carbocycles. The Morgan fingerprint density at radius 1 is 1.00 bits per heavy atom. The van der Waals surface area contributed by atoms with Crippen LogP contribution in [-0.2, 0) is 9.59 Å². The van der Waals surface area contributed by atoms with Crippen LogP contribution in [0.25, 0.3) is 0 Å². The topological polar surface area (TPSA) is 43.9 Å². The Hall–Kier alpha value is -2.47. The Morgan fingerprint density at radius 3 is 2.26 bits per heavy atom. The fourth-order valence-corrected chi connectivity index (χ4v) is 3.99. The van der Waals surface area contributed by atoms with Crippen LogP contribution in [-0.4, -0.2) is 51.3 Å². The van der Waals surface area contributed by atoms with E-state index in [1.807, 2.05) is 19.9 Å². The van der Waals surface area contributed by atoms with Crippen molar-refractivity contribution in [2.75, 3.05) is 19.6 Å². The van der Waals surface area contributed by atoms with Crippen LogP contribution in [0, 0.1) is 0 Å². The lowest BCUT2D eigenvalue weighted by Crippen LogP contribution is -2.55. The molecule has 2 aliphatic heterocycles. The van der Waals surface area contributed by atoms with Gasteiger partial charge in [0.1, 0.15) is 5.57 Å². The van der Waals surface area contributed by atoms with Crippen LogP contribution in [0.15, 0.2) is 59.0 Å². The number of hydrogen-bond donors (Lipinski definition) is 0. The largest absolute Gasteiger partial charge is 0.348 e. The van der Waals surface area contributed by atoms with Gasteiger partial charge in [-0.2, -0.15) is 0 Å². The maximum absolute atomic E-state index is 12.7. The Balaban J connectivity index is 1.99. The average molecular weight is 384 g/mol. The van der Waals surface area contributed by atoms with E-state index in [1.54, 1.807) is 6.08 Å². The summed E-state index contributed by atoms with van der Waals surface area (Å²) in [6.07, 6.45) is 13.9. The van der Waals surface area contributed by atoms with Crippen molar-refractivity contribution in [2.45, 2.75) is 33.6 Å². The van der Waals surface area contributed by atoms with Crippen LogP contribution in [0.5, 0.6) is 0 Å². The van der Waals surface area contributed by atoms with Crippen molar-refractivity contribution >= 4 is 29.1 Å². The first-order valence-corrected chi connectivity index (χ1v) is 9.88. The summed E-state index contributed by atoms with van der Waals surface area (Å²) in [4.78, 5) is 30.6. The van der Waals surface area contributed by atoms with Crippen LogP contribution >= 0.6 is 12.2 Å². The third-order valence-electron chi connectivity index (χ3n) is 5.05. The molecular weight excluding hydrogens is 358 g/mol. The molecule has 1 saturated heterocycles. The Kier molecular flexibility index (Phi) is 5.75. The molecule has 0 aromatic heterocycles. The summed E-state index contributed by atoms with van der Waals surface area (Å²) in [6, 6.07) is 0. The number of likely N-dealkylation sites (N-methyl/N-ethyl adjacent to an activating group) is 3. The number of rotatable bonds is 4. The lowest BCUT2D eigenvalue weighted by molar-refractivity contribution is -0.133. The van der Waals surface area contributed by atoms with Gasteiger partial charge in [0.2, 0.25) is 0 Å². The van der Waals surface area contributed by atoms with Crippen molar-refractivity contribution in [3.05, 3.63) is 59.0 Å². The molecule has 3 rings (SSSR count). The Bertz CT molecular complexity index is 804. The summed E-state index contributed by atoms with van der Waals surface area (Å²) in [5.74, 6) is -0.636. The van der Waals surface area contributed by atoms with Crippen molar-refractivity contribution in [1.29, 1.82) is 0 Å². The van der Waals surface area contributed by atoms with Gasteiger partial charge >= 0.3 is 0 Å². The van der Waals surface area contributed by atoms with Crippen molar-refractivity contribution in [3.8, 4) is 0 Å². The standard InChI is InChI=1S/C21H25N3O2S/c1-4-22-14-13-15(16-9-7-8-10-18(16)22)11-12-17-19(25)23(5-2)21(27)24(6-3)20(17)26/h8,10-14H,4-7,9H2,1-3H3/b15-11+. The molecule has 3 aliphatic rings. The Labute approximate surface area is 166 Å². The van der Waals surface area contributed by atoms with Gasteiger partial charge in [-0.1, -0.05) is 12.2 Å². The number of amides is 2. The first kappa shape index (κ1) is 19.3.